The van der Waals surface area contributed by atoms with Gasteiger partial charge in [0.1, 0.15) is 12.1 Å². The summed E-state index contributed by atoms with van der Waals surface area (Å²) in [5.41, 5.74) is 2.13. The summed E-state index contributed by atoms with van der Waals surface area (Å²) in [5.74, 6) is 0.735. The van der Waals surface area contributed by atoms with Crippen molar-refractivity contribution in [1.29, 1.82) is 0 Å². The number of nitrogens with zero attached hydrogens (tertiary/aromatic N) is 8. The molecular formula is C20H20N8O3S. The molecule has 164 valence electrons. The van der Waals surface area contributed by atoms with Gasteiger partial charge in [0, 0.05) is 24.2 Å². The van der Waals surface area contributed by atoms with Crippen LogP contribution in [0.5, 0.6) is 5.75 Å². The summed E-state index contributed by atoms with van der Waals surface area (Å²) in [6.07, 6.45) is 8.58. The van der Waals surface area contributed by atoms with Crippen LogP contribution in [0.1, 0.15) is 21.6 Å². The van der Waals surface area contributed by atoms with E-state index in [1.165, 1.54) is 25.2 Å². The maximum absolute atomic E-state index is 11.5. The van der Waals surface area contributed by atoms with Gasteiger partial charge in [0.25, 0.3) is 0 Å². The molecule has 4 aromatic rings. The van der Waals surface area contributed by atoms with Gasteiger partial charge in [-0.15, -0.1) is 10.2 Å². The predicted molar refractivity (Wildman–Crippen MR) is 117 cm³/mol. The highest BCUT2D eigenvalue weighted by atomic mass is 32.2. The van der Waals surface area contributed by atoms with Crippen LogP contribution in [0.15, 0.2) is 65.5 Å². The molecular weight excluding hydrogens is 432 g/mol. The van der Waals surface area contributed by atoms with Crippen LogP contribution < -0.4 is 4.74 Å². The van der Waals surface area contributed by atoms with Gasteiger partial charge in [-0.1, -0.05) is 11.8 Å². The molecule has 0 aliphatic carbocycles. The Morgan fingerprint density at radius 2 is 2.12 bits per heavy atom. The lowest BCUT2D eigenvalue weighted by molar-refractivity contribution is 0.0593. The molecule has 12 heteroatoms. The van der Waals surface area contributed by atoms with E-state index in [0.29, 0.717) is 17.6 Å². The predicted octanol–water partition coefficient (Wildman–Crippen LogP) is 2.15. The highest BCUT2D eigenvalue weighted by molar-refractivity contribution is 7.98. The van der Waals surface area contributed by atoms with Gasteiger partial charge in [0.2, 0.25) is 5.16 Å². The molecule has 0 saturated carbocycles. The molecule has 0 aliphatic heterocycles. The zero-order valence-electron chi connectivity index (χ0n) is 17.4. The van der Waals surface area contributed by atoms with Crippen molar-refractivity contribution in [3.63, 3.8) is 0 Å². The van der Waals surface area contributed by atoms with Gasteiger partial charge < -0.3 is 9.47 Å². The number of ether oxygens (including phenoxy) is 2. The molecule has 4 rings (SSSR count). The van der Waals surface area contributed by atoms with Crippen LogP contribution in [-0.2, 0) is 17.2 Å². The van der Waals surface area contributed by atoms with Gasteiger partial charge in [-0.2, -0.15) is 20.0 Å². The zero-order chi connectivity index (χ0) is 22.3. The average molecular weight is 453 g/mol. The van der Waals surface area contributed by atoms with Crippen LogP contribution >= 0.6 is 11.8 Å². The molecule has 0 spiro atoms. The molecule has 1 aromatic carbocycles. The van der Waals surface area contributed by atoms with Crippen molar-refractivity contribution < 1.29 is 14.3 Å². The maximum atomic E-state index is 11.5. The molecule has 0 amide bonds. The lowest BCUT2D eigenvalue weighted by Gasteiger charge is -2.09. The SMILES string of the molecule is COC(=O)c1ccn(CSc2nncn2/N=C/c2ccc(OC)c(Cn3cccn3)c2)n1. The molecule has 0 fully saturated rings. The highest BCUT2D eigenvalue weighted by Crippen LogP contribution is 2.21. The van der Waals surface area contributed by atoms with Crippen molar-refractivity contribution in [3.05, 3.63) is 72.1 Å². The molecule has 0 bridgehead atoms. The Balaban J connectivity index is 1.45. The number of benzene rings is 1. The number of rotatable bonds is 9. The van der Waals surface area contributed by atoms with Crippen LogP contribution in [0.3, 0.4) is 0 Å². The van der Waals surface area contributed by atoms with Crippen LogP contribution in [0.25, 0.3) is 0 Å². The third kappa shape index (κ3) is 5.03. The van der Waals surface area contributed by atoms with E-state index >= 15 is 0 Å². The van der Waals surface area contributed by atoms with E-state index in [4.69, 9.17) is 4.74 Å². The molecule has 0 saturated heterocycles. The monoisotopic (exact) mass is 452 g/mol. The number of thioether (sulfide) groups is 1. The number of hydrogen-bond donors (Lipinski definition) is 0. The molecule has 32 heavy (non-hydrogen) atoms. The number of carbonyl (C=O) groups is 1. The fourth-order valence-corrected chi connectivity index (χ4v) is 3.59. The number of esters is 1. The quantitative estimate of drug-likeness (QED) is 0.216. The standard InChI is InChI=1S/C20H20N8O3S/c1-30-18-5-4-15(10-16(18)12-26-8-3-7-22-26)11-23-28-13-21-24-20(28)32-14-27-9-6-17(25-27)19(29)31-2/h3-11,13H,12,14H2,1-2H3/b23-11+. The molecule has 0 radical (unpaired) electrons. The van der Waals surface area contributed by atoms with Gasteiger partial charge in [-0.05, 0) is 35.9 Å². The van der Waals surface area contributed by atoms with E-state index in [9.17, 15) is 4.79 Å². The summed E-state index contributed by atoms with van der Waals surface area (Å²) in [7, 11) is 2.96. The zero-order valence-corrected chi connectivity index (χ0v) is 18.2. The number of methoxy groups -OCH3 is 2. The van der Waals surface area contributed by atoms with Crippen molar-refractivity contribution >= 4 is 23.9 Å². The molecule has 0 unspecified atom stereocenters. The first kappa shape index (κ1) is 21.3. The normalized spacial score (nSPS) is 11.2. The first-order valence-corrected chi connectivity index (χ1v) is 10.5. The van der Waals surface area contributed by atoms with E-state index in [1.54, 1.807) is 41.1 Å². The van der Waals surface area contributed by atoms with Crippen molar-refractivity contribution in [1.82, 2.24) is 34.4 Å². The lowest BCUT2D eigenvalue weighted by atomic mass is 10.1. The van der Waals surface area contributed by atoms with E-state index < -0.39 is 5.97 Å². The molecule has 0 atom stereocenters. The summed E-state index contributed by atoms with van der Waals surface area (Å²) in [4.78, 5) is 11.5. The lowest BCUT2D eigenvalue weighted by Crippen LogP contribution is -2.04. The van der Waals surface area contributed by atoms with Crippen LogP contribution in [0.4, 0.5) is 0 Å². The van der Waals surface area contributed by atoms with E-state index in [1.807, 2.05) is 35.1 Å². The second kappa shape index (κ2) is 9.92. The minimum Gasteiger partial charge on any atom is -0.496 e. The fourth-order valence-electron chi connectivity index (χ4n) is 2.86. The Labute approximate surface area is 187 Å². The number of hydrogen-bond acceptors (Lipinski definition) is 9. The Morgan fingerprint density at radius 1 is 1.22 bits per heavy atom. The first-order chi connectivity index (χ1) is 15.7. The van der Waals surface area contributed by atoms with Crippen molar-refractivity contribution in [2.24, 2.45) is 5.10 Å². The van der Waals surface area contributed by atoms with Gasteiger partial charge in [-0.3, -0.25) is 9.36 Å². The van der Waals surface area contributed by atoms with Crippen molar-refractivity contribution in [2.45, 2.75) is 17.6 Å². The Morgan fingerprint density at radius 3 is 2.91 bits per heavy atom. The number of aromatic nitrogens is 7. The molecule has 3 aromatic heterocycles. The Hall–Kier alpha value is -3.93. The molecule has 3 heterocycles. The summed E-state index contributed by atoms with van der Waals surface area (Å²) in [5, 5.41) is 21.5. The summed E-state index contributed by atoms with van der Waals surface area (Å²) in [6, 6.07) is 9.30. The largest absolute Gasteiger partial charge is 0.496 e. The van der Waals surface area contributed by atoms with Gasteiger partial charge in [0.15, 0.2) is 5.69 Å². The third-order valence-corrected chi connectivity index (χ3v) is 5.31. The van der Waals surface area contributed by atoms with E-state index in [-0.39, 0.29) is 5.69 Å². The smallest absolute Gasteiger partial charge is 0.358 e. The summed E-state index contributed by atoms with van der Waals surface area (Å²) >= 11 is 1.38. The summed E-state index contributed by atoms with van der Waals surface area (Å²) < 4.78 is 15.1. The molecule has 0 aliphatic rings. The van der Waals surface area contributed by atoms with Crippen LogP contribution in [0, 0.1) is 0 Å². The number of carbonyl (C=O) groups excluding carboxylic acids is 1. The van der Waals surface area contributed by atoms with E-state index in [2.05, 4.69) is 30.2 Å². The van der Waals surface area contributed by atoms with Crippen molar-refractivity contribution in [3.8, 4) is 5.75 Å². The first-order valence-electron chi connectivity index (χ1n) is 9.49. The second-order valence-electron chi connectivity index (χ2n) is 6.48. The molecule has 11 nitrogen and oxygen atoms in total. The van der Waals surface area contributed by atoms with Crippen LogP contribution in [-0.4, -0.2) is 60.8 Å². The fraction of sp³-hybridized carbons (Fsp3) is 0.200. The van der Waals surface area contributed by atoms with Gasteiger partial charge in [0.05, 0.1) is 32.9 Å². The minimum atomic E-state index is -0.479. The topological polar surface area (TPSA) is 114 Å². The highest BCUT2D eigenvalue weighted by Gasteiger charge is 2.11. The summed E-state index contributed by atoms with van der Waals surface area (Å²) in [6.45, 7) is 0.586. The average Bonchev–Trinajstić information content (AvgIpc) is 3.58. The second-order valence-corrected chi connectivity index (χ2v) is 7.40. The molecule has 0 N–H and O–H groups in total. The van der Waals surface area contributed by atoms with Crippen molar-refractivity contribution in [2.75, 3.05) is 14.2 Å². The maximum Gasteiger partial charge on any atom is 0.358 e. The minimum absolute atomic E-state index is 0.248. The van der Waals surface area contributed by atoms with Gasteiger partial charge >= 0.3 is 5.97 Å². The van der Waals surface area contributed by atoms with E-state index in [0.717, 1.165) is 16.9 Å². The Bertz CT molecular complexity index is 1220. The third-order valence-electron chi connectivity index (χ3n) is 4.39. The van der Waals surface area contributed by atoms with Crippen LogP contribution in [0.2, 0.25) is 0 Å². The van der Waals surface area contributed by atoms with Gasteiger partial charge in [-0.25, -0.2) is 4.79 Å². The Kier molecular flexibility index (Phi) is 6.60.